The molecule has 0 N–H and O–H groups in total. The maximum Gasteiger partial charge on any atom is 0.321 e. The summed E-state index contributed by atoms with van der Waals surface area (Å²) in [5.41, 5.74) is -0.363. The zero-order chi connectivity index (χ0) is 15.2. The third-order valence-corrected chi connectivity index (χ3v) is 5.90. The predicted octanol–water partition coefficient (Wildman–Crippen LogP) is 3.09. The number of hydrogen-bond acceptors (Lipinski definition) is 4. The Morgan fingerprint density at radius 3 is 2.57 bits per heavy atom. The Morgan fingerprint density at radius 2 is 1.95 bits per heavy atom. The average molecular weight is 294 g/mol. The molecule has 2 bridgehead atoms. The van der Waals surface area contributed by atoms with E-state index in [4.69, 9.17) is 9.47 Å². The molecule has 4 heteroatoms. The molecule has 2 saturated carbocycles. The fraction of sp³-hybridized carbons (Fsp3) is 0.882. The second-order valence-corrected chi connectivity index (χ2v) is 7.51. The van der Waals surface area contributed by atoms with Gasteiger partial charge in [0.1, 0.15) is 11.7 Å². The van der Waals surface area contributed by atoms with E-state index >= 15 is 0 Å². The van der Waals surface area contributed by atoms with Gasteiger partial charge in [-0.3, -0.25) is 9.59 Å². The highest BCUT2D eigenvalue weighted by Gasteiger charge is 2.52. The quantitative estimate of drug-likeness (QED) is 0.593. The smallest absolute Gasteiger partial charge is 0.321 e. The molecule has 1 aliphatic heterocycles. The number of esters is 2. The van der Waals surface area contributed by atoms with Crippen LogP contribution in [0.2, 0.25) is 0 Å². The fourth-order valence-corrected chi connectivity index (χ4v) is 4.43. The first kappa shape index (κ1) is 14.9. The lowest BCUT2D eigenvalue weighted by molar-refractivity contribution is -0.184. The number of rotatable bonds is 3. The summed E-state index contributed by atoms with van der Waals surface area (Å²) in [5, 5.41) is 0. The van der Waals surface area contributed by atoms with Gasteiger partial charge >= 0.3 is 11.9 Å². The van der Waals surface area contributed by atoms with E-state index in [9.17, 15) is 9.59 Å². The van der Waals surface area contributed by atoms with Crippen molar-refractivity contribution in [3.05, 3.63) is 0 Å². The van der Waals surface area contributed by atoms with Gasteiger partial charge in [0.05, 0.1) is 0 Å². The van der Waals surface area contributed by atoms with E-state index < -0.39 is 5.92 Å². The average Bonchev–Trinajstić information content (AvgIpc) is 2.97. The Morgan fingerprint density at radius 1 is 1.29 bits per heavy atom. The number of carbonyl (C=O) groups is 2. The second kappa shape index (κ2) is 5.29. The SMILES string of the molecule is CC1CC2CC1OC(=O)C2C(=O)OC1(C(C)C)CCCC1. The molecule has 3 rings (SSSR count). The predicted molar refractivity (Wildman–Crippen MR) is 77.4 cm³/mol. The Labute approximate surface area is 126 Å². The van der Waals surface area contributed by atoms with E-state index in [1.807, 2.05) is 0 Å². The molecule has 0 radical (unpaired) electrons. The van der Waals surface area contributed by atoms with Crippen LogP contribution in [-0.4, -0.2) is 23.6 Å². The van der Waals surface area contributed by atoms with Gasteiger partial charge in [0.25, 0.3) is 0 Å². The molecule has 0 aromatic heterocycles. The van der Waals surface area contributed by atoms with Crippen molar-refractivity contribution in [3.8, 4) is 0 Å². The van der Waals surface area contributed by atoms with Gasteiger partial charge in [-0.2, -0.15) is 0 Å². The molecule has 21 heavy (non-hydrogen) atoms. The summed E-state index contributed by atoms with van der Waals surface area (Å²) in [5.74, 6) is -0.622. The van der Waals surface area contributed by atoms with Gasteiger partial charge in [-0.1, -0.05) is 20.8 Å². The standard InChI is InChI=1S/C17H26O4/c1-10(2)17(6-4-5-7-17)21-16(19)14-12-8-11(3)13(9-12)20-15(14)18/h10-14H,4-9H2,1-3H3. The summed E-state index contributed by atoms with van der Waals surface area (Å²) in [6, 6.07) is 0. The molecule has 0 spiro atoms. The van der Waals surface area contributed by atoms with Crippen LogP contribution in [0, 0.1) is 23.7 Å². The summed E-state index contributed by atoms with van der Waals surface area (Å²) >= 11 is 0. The summed E-state index contributed by atoms with van der Waals surface area (Å²) in [6.45, 7) is 6.30. The normalized spacial score (nSPS) is 37.6. The van der Waals surface area contributed by atoms with Crippen molar-refractivity contribution >= 4 is 11.9 Å². The van der Waals surface area contributed by atoms with Gasteiger partial charge < -0.3 is 9.47 Å². The summed E-state index contributed by atoms with van der Waals surface area (Å²) in [7, 11) is 0. The lowest BCUT2D eigenvalue weighted by Gasteiger charge is -2.36. The number of ether oxygens (including phenoxy) is 2. The van der Waals surface area contributed by atoms with Crippen LogP contribution in [0.15, 0.2) is 0 Å². The van der Waals surface area contributed by atoms with Crippen LogP contribution in [0.3, 0.4) is 0 Å². The van der Waals surface area contributed by atoms with Crippen LogP contribution in [0.25, 0.3) is 0 Å². The van der Waals surface area contributed by atoms with E-state index in [2.05, 4.69) is 20.8 Å². The maximum atomic E-state index is 12.6. The molecule has 3 fully saturated rings. The Kier molecular flexibility index (Phi) is 3.74. The molecule has 1 saturated heterocycles. The van der Waals surface area contributed by atoms with Crippen molar-refractivity contribution < 1.29 is 19.1 Å². The van der Waals surface area contributed by atoms with Crippen LogP contribution in [0.5, 0.6) is 0 Å². The molecule has 3 aliphatic rings. The molecule has 4 unspecified atom stereocenters. The second-order valence-electron chi connectivity index (χ2n) is 7.51. The third-order valence-electron chi connectivity index (χ3n) is 5.90. The fourth-order valence-electron chi connectivity index (χ4n) is 4.43. The highest BCUT2D eigenvalue weighted by atomic mass is 16.6. The zero-order valence-corrected chi connectivity index (χ0v) is 13.3. The van der Waals surface area contributed by atoms with E-state index in [1.165, 1.54) is 0 Å². The molecular weight excluding hydrogens is 268 g/mol. The van der Waals surface area contributed by atoms with Crippen LogP contribution in [-0.2, 0) is 19.1 Å². The minimum Gasteiger partial charge on any atom is -0.461 e. The lowest BCUT2D eigenvalue weighted by Crippen LogP contribution is -2.44. The maximum absolute atomic E-state index is 12.6. The number of fused-ring (bicyclic) bond motifs is 2. The van der Waals surface area contributed by atoms with Gasteiger partial charge in [0, 0.05) is 0 Å². The van der Waals surface area contributed by atoms with E-state index in [0.717, 1.165) is 38.5 Å². The first-order valence-electron chi connectivity index (χ1n) is 8.36. The van der Waals surface area contributed by atoms with Crippen LogP contribution in [0.1, 0.15) is 59.3 Å². The summed E-state index contributed by atoms with van der Waals surface area (Å²) in [6.07, 6.45) is 5.76. The topological polar surface area (TPSA) is 52.6 Å². The molecule has 4 atom stereocenters. The molecule has 1 heterocycles. The van der Waals surface area contributed by atoms with Crippen molar-refractivity contribution in [2.75, 3.05) is 0 Å². The van der Waals surface area contributed by atoms with Gasteiger partial charge in [0.15, 0.2) is 5.92 Å². The number of hydrogen-bond donors (Lipinski definition) is 0. The van der Waals surface area contributed by atoms with Crippen LogP contribution >= 0.6 is 0 Å². The summed E-state index contributed by atoms with van der Waals surface area (Å²) < 4.78 is 11.4. The van der Waals surface area contributed by atoms with Crippen molar-refractivity contribution in [2.45, 2.75) is 71.0 Å². The minimum atomic E-state index is -0.692. The molecule has 0 amide bonds. The van der Waals surface area contributed by atoms with Crippen LogP contribution < -0.4 is 0 Å². The first-order chi connectivity index (χ1) is 9.93. The third kappa shape index (κ3) is 2.47. The molecule has 2 aliphatic carbocycles. The molecule has 0 aromatic carbocycles. The van der Waals surface area contributed by atoms with E-state index in [0.29, 0.717) is 11.8 Å². The monoisotopic (exact) mass is 294 g/mol. The molecule has 118 valence electrons. The Bertz CT molecular complexity index is 434. The highest BCUT2D eigenvalue weighted by molar-refractivity contribution is 5.96. The molecular formula is C17H26O4. The van der Waals surface area contributed by atoms with Crippen molar-refractivity contribution in [1.29, 1.82) is 0 Å². The summed E-state index contributed by atoms with van der Waals surface area (Å²) in [4.78, 5) is 24.8. The highest BCUT2D eigenvalue weighted by Crippen LogP contribution is 2.45. The first-order valence-corrected chi connectivity index (χ1v) is 8.36. The minimum absolute atomic E-state index is 0.0112. The van der Waals surface area contributed by atoms with Gasteiger partial charge in [-0.15, -0.1) is 0 Å². The Balaban J connectivity index is 1.74. The molecule has 0 aromatic rings. The van der Waals surface area contributed by atoms with E-state index in [-0.39, 0.29) is 29.6 Å². The van der Waals surface area contributed by atoms with Crippen molar-refractivity contribution in [2.24, 2.45) is 23.7 Å². The van der Waals surface area contributed by atoms with Gasteiger partial charge in [0.2, 0.25) is 0 Å². The lowest BCUT2D eigenvalue weighted by atomic mass is 9.86. The Hall–Kier alpha value is -1.06. The van der Waals surface area contributed by atoms with Crippen LogP contribution in [0.4, 0.5) is 0 Å². The largest absolute Gasteiger partial charge is 0.461 e. The van der Waals surface area contributed by atoms with Crippen molar-refractivity contribution in [1.82, 2.24) is 0 Å². The number of carbonyl (C=O) groups excluding carboxylic acids is 2. The zero-order valence-electron chi connectivity index (χ0n) is 13.3. The molecule has 4 nitrogen and oxygen atoms in total. The van der Waals surface area contributed by atoms with E-state index in [1.54, 1.807) is 0 Å². The van der Waals surface area contributed by atoms with Gasteiger partial charge in [-0.05, 0) is 56.3 Å². The van der Waals surface area contributed by atoms with Crippen molar-refractivity contribution in [3.63, 3.8) is 0 Å². The van der Waals surface area contributed by atoms with Gasteiger partial charge in [-0.25, -0.2) is 0 Å².